The molecule has 0 unspecified atom stereocenters. The highest BCUT2D eigenvalue weighted by Gasteiger charge is 2.73. The number of carbonyl (C=O) groups is 2. The first-order valence-corrected chi connectivity index (χ1v) is 7.87. The third-order valence-electron chi connectivity index (χ3n) is 6.16. The van der Waals surface area contributed by atoms with E-state index >= 15 is 0 Å². The summed E-state index contributed by atoms with van der Waals surface area (Å²) in [5.41, 5.74) is 0.884. The molecule has 1 saturated heterocycles. The minimum atomic E-state index is -0.142. The van der Waals surface area contributed by atoms with Gasteiger partial charge in [0.25, 0.3) is 0 Å². The lowest BCUT2D eigenvalue weighted by molar-refractivity contribution is -0.123. The molecule has 4 aliphatic rings. The van der Waals surface area contributed by atoms with Crippen LogP contribution in [0.15, 0.2) is 36.4 Å². The minimum absolute atomic E-state index is 0.0219. The van der Waals surface area contributed by atoms with Crippen LogP contribution in [0, 0.1) is 29.1 Å². The second-order valence-electron chi connectivity index (χ2n) is 6.93. The lowest BCUT2D eigenvalue weighted by Crippen LogP contribution is -2.34. The van der Waals surface area contributed by atoms with Gasteiger partial charge in [0.15, 0.2) is 0 Å². The Labute approximate surface area is 128 Å². The van der Waals surface area contributed by atoms with Gasteiger partial charge in [-0.05, 0) is 42.2 Å². The molecular weight excluding hydrogens is 278 g/mol. The molecule has 0 radical (unpaired) electrons. The zero-order chi connectivity index (χ0) is 15.1. The van der Waals surface area contributed by atoms with Crippen molar-refractivity contribution in [1.82, 2.24) is 0 Å². The van der Waals surface area contributed by atoms with Crippen molar-refractivity contribution in [2.24, 2.45) is 29.1 Å². The average molecular weight is 295 g/mol. The highest BCUT2D eigenvalue weighted by molar-refractivity contribution is 6.23. The van der Waals surface area contributed by atoms with E-state index in [0.717, 1.165) is 0 Å². The van der Waals surface area contributed by atoms with Crippen molar-refractivity contribution in [2.75, 3.05) is 12.0 Å². The maximum atomic E-state index is 12.9. The molecule has 1 aromatic carbocycles. The van der Waals surface area contributed by atoms with Gasteiger partial charge in [-0.3, -0.25) is 9.59 Å². The number of fused-ring (bicyclic) bond motifs is 3. The van der Waals surface area contributed by atoms with Crippen LogP contribution in [0.2, 0.25) is 0 Å². The van der Waals surface area contributed by atoms with Gasteiger partial charge in [-0.1, -0.05) is 18.2 Å². The van der Waals surface area contributed by atoms with Gasteiger partial charge in [0.05, 0.1) is 24.6 Å². The van der Waals surface area contributed by atoms with E-state index in [1.807, 2.05) is 18.2 Å². The number of anilines is 1. The summed E-state index contributed by atoms with van der Waals surface area (Å²) in [5, 5.41) is 0. The summed E-state index contributed by atoms with van der Waals surface area (Å²) in [6.45, 7) is 0. The Balaban J connectivity index is 1.56. The fraction of sp³-hybridized carbons (Fsp3) is 0.444. The molecule has 112 valence electrons. The van der Waals surface area contributed by atoms with E-state index in [4.69, 9.17) is 4.74 Å². The summed E-state index contributed by atoms with van der Waals surface area (Å²) >= 11 is 0. The Hall–Kier alpha value is -2.10. The van der Waals surface area contributed by atoms with E-state index in [2.05, 4.69) is 12.2 Å². The molecule has 4 nitrogen and oxygen atoms in total. The van der Waals surface area contributed by atoms with E-state index in [1.54, 1.807) is 13.2 Å². The molecule has 3 fully saturated rings. The van der Waals surface area contributed by atoms with Crippen molar-refractivity contribution in [3.05, 3.63) is 36.4 Å². The minimum Gasteiger partial charge on any atom is -0.497 e. The molecule has 2 saturated carbocycles. The molecular formula is C18H17NO3. The third kappa shape index (κ3) is 1.25. The molecule has 1 spiro atoms. The largest absolute Gasteiger partial charge is 0.497 e. The number of ether oxygens (including phenoxy) is 1. The molecule has 3 aliphatic carbocycles. The zero-order valence-electron chi connectivity index (χ0n) is 12.4. The van der Waals surface area contributed by atoms with Gasteiger partial charge in [-0.2, -0.15) is 0 Å². The number of carbonyl (C=O) groups excluding carboxylic acids is 2. The molecule has 4 atom stereocenters. The van der Waals surface area contributed by atoms with E-state index < -0.39 is 0 Å². The first-order valence-electron chi connectivity index (χ1n) is 7.87. The number of hydrogen-bond donors (Lipinski definition) is 0. The zero-order valence-corrected chi connectivity index (χ0v) is 12.4. The summed E-state index contributed by atoms with van der Waals surface area (Å²) in [7, 11) is 1.59. The number of methoxy groups -OCH3 is 1. The van der Waals surface area contributed by atoms with Gasteiger partial charge >= 0.3 is 0 Å². The maximum Gasteiger partial charge on any atom is 0.238 e. The molecule has 0 aromatic heterocycles. The molecule has 2 bridgehead atoms. The molecule has 4 heteroatoms. The maximum absolute atomic E-state index is 12.9. The van der Waals surface area contributed by atoms with Gasteiger partial charge in [0, 0.05) is 6.07 Å². The van der Waals surface area contributed by atoms with Crippen molar-refractivity contribution in [2.45, 2.75) is 12.8 Å². The van der Waals surface area contributed by atoms with Gasteiger partial charge in [-0.25, -0.2) is 4.90 Å². The van der Waals surface area contributed by atoms with E-state index in [0.29, 0.717) is 11.4 Å². The SMILES string of the molecule is COc1cccc(N2C(=O)[C@@H]3[C@@H](C2=O)[C@H]2C=C[C@H]3C23CC3)c1. The molecule has 1 aromatic rings. The Kier molecular flexibility index (Phi) is 2.15. The van der Waals surface area contributed by atoms with E-state index in [1.165, 1.54) is 17.7 Å². The Morgan fingerprint density at radius 3 is 2.27 bits per heavy atom. The first-order chi connectivity index (χ1) is 10.7. The summed E-state index contributed by atoms with van der Waals surface area (Å²) in [4.78, 5) is 27.3. The van der Waals surface area contributed by atoms with Crippen molar-refractivity contribution in [3.8, 4) is 5.75 Å². The molecule has 2 amide bonds. The van der Waals surface area contributed by atoms with Crippen molar-refractivity contribution in [1.29, 1.82) is 0 Å². The third-order valence-corrected chi connectivity index (χ3v) is 6.16. The molecule has 1 heterocycles. The smallest absolute Gasteiger partial charge is 0.238 e. The second kappa shape index (κ2) is 3.80. The van der Waals surface area contributed by atoms with Crippen LogP contribution in [0.4, 0.5) is 5.69 Å². The number of nitrogens with zero attached hydrogens (tertiary/aromatic N) is 1. The predicted octanol–water partition coefficient (Wildman–Crippen LogP) is 2.40. The summed E-state index contributed by atoms with van der Waals surface area (Å²) in [6, 6.07) is 7.21. The summed E-state index contributed by atoms with van der Waals surface area (Å²) in [5.74, 6) is 0.879. The van der Waals surface area contributed by atoms with Crippen LogP contribution in [0.25, 0.3) is 0 Å². The number of benzene rings is 1. The second-order valence-corrected chi connectivity index (χ2v) is 6.93. The molecule has 0 N–H and O–H groups in total. The predicted molar refractivity (Wildman–Crippen MR) is 80.3 cm³/mol. The topological polar surface area (TPSA) is 46.6 Å². The van der Waals surface area contributed by atoms with Crippen molar-refractivity contribution < 1.29 is 14.3 Å². The fourth-order valence-corrected chi connectivity index (χ4v) is 5.08. The fourth-order valence-electron chi connectivity index (χ4n) is 5.08. The Bertz CT molecular complexity index is 700. The van der Waals surface area contributed by atoms with Crippen LogP contribution in [-0.4, -0.2) is 18.9 Å². The highest BCUT2D eigenvalue weighted by Crippen LogP contribution is 2.73. The van der Waals surface area contributed by atoms with Crippen LogP contribution >= 0.6 is 0 Å². The lowest BCUT2D eigenvalue weighted by atomic mass is 9.85. The molecule has 5 rings (SSSR count). The van der Waals surface area contributed by atoms with E-state index in [-0.39, 0.29) is 40.9 Å². The monoisotopic (exact) mass is 295 g/mol. The van der Waals surface area contributed by atoms with Gasteiger partial charge in [0.2, 0.25) is 11.8 Å². The quantitative estimate of drug-likeness (QED) is 0.622. The van der Waals surface area contributed by atoms with Gasteiger partial charge in [-0.15, -0.1) is 0 Å². The Morgan fingerprint density at radius 1 is 1.09 bits per heavy atom. The molecule has 22 heavy (non-hydrogen) atoms. The standard InChI is InChI=1S/C18H17NO3/c1-22-11-4-2-3-10(9-11)19-16(20)14-12-5-6-13(15(14)17(19)21)18(12)7-8-18/h2-6,9,12-15H,7-8H2,1H3/t12-,13-,14+,15+/m1/s1. The van der Waals surface area contributed by atoms with Gasteiger partial charge < -0.3 is 4.74 Å². The van der Waals surface area contributed by atoms with Crippen LogP contribution in [0.3, 0.4) is 0 Å². The Morgan fingerprint density at radius 2 is 1.73 bits per heavy atom. The summed E-state index contributed by atoms with van der Waals surface area (Å²) < 4.78 is 5.21. The van der Waals surface area contributed by atoms with Crippen LogP contribution in [-0.2, 0) is 9.59 Å². The van der Waals surface area contributed by atoms with Gasteiger partial charge in [0.1, 0.15) is 5.75 Å². The summed E-state index contributed by atoms with van der Waals surface area (Å²) in [6.07, 6.45) is 6.72. The molecule has 1 aliphatic heterocycles. The van der Waals surface area contributed by atoms with E-state index in [9.17, 15) is 9.59 Å². The number of rotatable bonds is 2. The number of allylic oxidation sites excluding steroid dienone is 2. The van der Waals surface area contributed by atoms with Crippen molar-refractivity contribution in [3.63, 3.8) is 0 Å². The lowest BCUT2D eigenvalue weighted by Gasteiger charge is -2.22. The number of hydrogen-bond acceptors (Lipinski definition) is 3. The normalized spacial score (nSPS) is 36.3. The van der Waals surface area contributed by atoms with Crippen molar-refractivity contribution >= 4 is 17.5 Å². The average Bonchev–Trinajstić information content (AvgIpc) is 3.13. The number of imide groups is 1. The first kappa shape index (κ1) is 12.4. The number of amides is 2. The van der Waals surface area contributed by atoms with Crippen LogP contribution < -0.4 is 9.64 Å². The van der Waals surface area contributed by atoms with Crippen LogP contribution in [0.5, 0.6) is 5.75 Å². The van der Waals surface area contributed by atoms with Crippen LogP contribution in [0.1, 0.15) is 12.8 Å². The highest BCUT2D eigenvalue weighted by atomic mass is 16.5.